The second-order valence-corrected chi connectivity index (χ2v) is 6.21. The van der Waals surface area contributed by atoms with Crippen molar-refractivity contribution >= 4 is 5.95 Å². The molecule has 0 radical (unpaired) electrons. The predicted molar refractivity (Wildman–Crippen MR) is 77.0 cm³/mol. The molecule has 3 nitrogen and oxygen atoms in total. The van der Waals surface area contributed by atoms with E-state index in [2.05, 4.69) is 48.8 Å². The van der Waals surface area contributed by atoms with Crippen molar-refractivity contribution in [1.29, 1.82) is 0 Å². The van der Waals surface area contributed by atoms with Crippen molar-refractivity contribution in [2.45, 2.75) is 71.9 Å². The van der Waals surface area contributed by atoms with Crippen LogP contribution in [0.25, 0.3) is 0 Å². The fourth-order valence-corrected chi connectivity index (χ4v) is 2.33. The molecule has 1 saturated carbocycles. The van der Waals surface area contributed by atoms with E-state index < -0.39 is 0 Å². The molecule has 1 aromatic heterocycles. The van der Waals surface area contributed by atoms with Gasteiger partial charge in [-0.05, 0) is 39.0 Å². The van der Waals surface area contributed by atoms with Gasteiger partial charge in [0.15, 0.2) is 0 Å². The lowest BCUT2D eigenvalue weighted by atomic mass is 10.0. The van der Waals surface area contributed by atoms with Gasteiger partial charge in [0, 0.05) is 18.3 Å². The summed E-state index contributed by atoms with van der Waals surface area (Å²) in [6.45, 7) is 8.98. The predicted octanol–water partition coefficient (Wildman–Crippen LogP) is 4.15. The van der Waals surface area contributed by atoms with Gasteiger partial charge in [0.25, 0.3) is 0 Å². The fraction of sp³-hybridized carbons (Fsp3) is 0.800. The zero-order chi connectivity index (χ0) is 13.1. The van der Waals surface area contributed by atoms with Gasteiger partial charge in [-0.15, -0.1) is 0 Å². The van der Waals surface area contributed by atoms with Gasteiger partial charge in [0.2, 0.25) is 5.95 Å². The van der Waals surface area contributed by atoms with E-state index in [1.165, 1.54) is 32.1 Å². The Balaban J connectivity index is 1.92. The van der Waals surface area contributed by atoms with Crippen molar-refractivity contribution in [3.8, 4) is 0 Å². The fourth-order valence-electron chi connectivity index (χ4n) is 2.33. The van der Waals surface area contributed by atoms with Gasteiger partial charge in [0.05, 0.1) is 5.69 Å². The molecule has 102 valence electrons. The number of imidazole rings is 1. The SMILES string of the molecule is Cc1cn(C(C)CCCC(C)C)c(NC2CC2)n1. The topological polar surface area (TPSA) is 29.9 Å². The van der Waals surface area contributed by atoms with Gasteiger partial charge in [-0.2, -0.15) is 0 Å². The van der Waals surface area contributed by atoms with Crippen LogP contribution in [0.4, 0.5) is 5.95 Å². The lowest BCUT2D eigenvalue weighted by Crippen LogP contribution is -2.12. The number of anilines is 1. The van der Waals surface area contributed by atoms with Crippen LogP contribution in [-0.2, 0) is 0 Å². The monoisotopic (exact) mass is 249 g/mol. The zero-order valence-electron chi connectivity index (χ0n) is 12.2. The third kappa shape index (κ3) is 3.76. The molecule has 1 N–H and O–H groups in total. The van der Waals surface area contributed by atoms with E-state index in [0.29, 0.717) is 12.1 Å². The first-order chi connectivity index (χ1) is 8.56. The van der Waals surface area contributed by atoms with Crippen LogP contribution >= 0.6 is 0 Å². The Hall–Kier alpha value is -0.990. The molecule has 2 rings (SSSR count). The number of nitrogens with zero attached hydrogens (tertiary/aromatic N) is 2. The second kappa shape index (κ2) is 5.77. The van der Waals surface area contributed by atoms with E-state index in [0.717, 1.165) is 17.6 Å². The van der Waals surface area contributed by atoms with Gasteiger partial charge in [-0.25, -0.2) is 4.98 Å². The number of rotatable bonds is 7. The van der Waals surface area contributed by atoms with Crippen molar-refractivity contribution in [2.24, 2.45) is 5.92 Å². The van der Waals surface area contributed by atoms with Crippen molar-refractivity contribution in [3.05, 3.63) is 11.9 Å². The third-order valence-electron chi connectivity index (χ3n) is 3.64. The maximum atomic E-state index is 4.61. The Kier molecular flexibility index (Phi) is 4.31. The Morgan fingerprint density at radius 1 is 1.33 bits per heavy atom. The number of nitrogens with one attached hydrogen (secondary N) is 1. The maximum Gasteiger partial charge on any atom is 0.203 e. The summed E-state index contributed by atoms with van der Waals surface area (Å²) in [5.74, 6) is 1.89. The molecule has 1 aromatic rings. The molecule has 0 saturated heterocycles. The van der Waals surface area contributed by atoms with Crippen LogP contribution in [0, 0.1) is 12.8 Å². The summed E-state index contributed by atoms with van der Waals surface area (Å²) >= 11 is 0. The third-order valence-corrected chi connectivity index (χ3v) is 3.64. The molecule has 3 heteroatoms. The number of hydrogen-bond donors (Lipinski definition) is 1. The van der Waals surface area contributed by atoms with Crippen LogP contribution in [0.2, 0.25) is 0 Å². The molecule has 1 fully saturated rings. The molecule has 1 aliphatic rings. The Bertz CT molecular complexity index is 377. The van der Waals surface area contributed by atoms with E-state index >= 15 is 0 Å². The molecule has 0 spiro atoms. The van der Waals surface area contributed by atoms with Gasteiger partial charge in [0.1, 0.15) is 0 Å². The first kappa shape index (κ1) is 13.4. The summed E-state index contributed by atoms with van der Waals surface area (Å²) in [6, 6.07) is 1.22. The minimum Gasteiger partial charge on any atom is -0.353 e. The van der Waals surface area contributed by atoms with Crippen molar-refractivity contribution in [3.63, 3.8) is 0 Å². The molecule has 0 bridgehead atoms. The summed E-state index contributed by atoms with van der Waals surface area (Å²) in [5.41, 5.74) is 1.12. The van der Waals surface area contributed by atoms with Crippen molar-refractivity contribution < 1.29 is 0 Å². The summed E-state index contributed by atoms with van der Waals surface area (Å²) in [6.07, 6.45) is 8.65. The van der Waals surface area contributed by atoms with Crippen LogP contribution in [0.3, 0.4) is 0 Å². The molecule has 18 heavy (non-hydrogen) atoms. The zero-order valence-corrected chi connectivity index (χ0v) is 12.2. The molecule has 1 aliphatic carbocycles. The number of hydrogen-bond acceptors (Lipinski definition) is 2. The van der Waals surface area contributed by atoms with E-state index in [1.807, 2.05) is 0 Å². The van der Waals surface area contributed by atoms with E-state index in [4.69, 9.17) is 0 Å². The quantitative estimate of drug-likeness (QED) is 0.786. The number of aromatic nitrogens is 2. The molecule has 0 amide bonds. The summed E-state index contributed by atoms with van der Waals surface area (Å²) in [4.78, 5) is 4.61. The van der Waals surface area contributed by atoms with Gasteiger partial charge in [-0.3, -0.25) is 0 Å². The minimum absolute atomic E-state index is 0.547. The summed E-state index contributed by atoms with van der Waals surface area (Å²) in [7, 11) is 0. The van der Waals surface area contributed by atoms with Gasteiger partial charge >= 0.3 is 0 Å². The average Bonchev–Trinajstić information content (AvgIpc) is 3.01. The largest absolute Gasteiger partial charge is 0.353 e. The first-order valence-electron chi connectivity index (χ1n) is 7.38. The van der Waals surface area contributed by atoms with Crippen LogP contribution in [0.15, 0.2) is 6.20 Å². The highest BCUT2D eigenvalue weighted by Gasteiger charge is 2.23. The van der Waals surface area contributed by atoms with E-state index in [-0.39, 0.29) is 0 Å². The van der Waals surface area contributed by atoms with Crippen LogP contribution < -0.4 is 5.32 Å². The number of aryl methyl sites for hydroxylation is 1. The van der Waals surface area contributed by atoms with Gasteiger partial charge < -0.3 is 9.88 Å². The van der Waals surface area contributed by atoms with Crippen molar-refractivity contribution in [1.82, 2.24) is 9.55 Å². The molecular formula is C15H27N3. The Morgan fingerprint density at radius 3 is 2.67 bits per heavy atom. The minimum atomic E-state index is 0.547. The smallest absolute Gasteiger partial charge is 0.203 e. The normalized spacial score (nSPS) is 17.2. The highest BCUT2D eigenvalue weighted by atomic mass is 15.2. The van der Waals surface area contributed by atoms with Crippen LogP contribution in [0.5, 0.6) is 0 Å². The molecule has 1 heterocycles. The average molecular weight is 249 g/mol. The van der Waals surface area contributed by atoms with E-state index in [9.17, 15) is 0 Å². The molecule has 1 atom stereocenters. The van der Waals surface area contributed by atoms with Gasteiger partial charge in [-0.1, -0.05) is 26.7 Å². The van der Waals surface area contributed by atoms with Crippen molar-refractivity contribution in [2.75, 3.05) is 5.32 Å². The lowest BCUT2D eigenvalue weighted by Gasteiger charge is -2.17. The highest BCUT2D eigenvalue weighted by molar-refractivity contribution is 5.32. The maximum absolute atomic E-state index is 4.61. The molecule has 0 aliphatic heterocycles. The van der Waals surface area contributed by atoms with E-state index in [1.54, 1.807) is 0 Å². The molecular weight excluding hydrogens is 222 g/mol. The Morgan fingerprint density at radius 2 is 2.06 bits per heavy atom. The summed E-state index contributed by atoms with van der Waals surface area (Å²) in [5, 5.41) is 3.54. The van der Waals surface area contributed by atoms with Crippen LogP contribution in [0.1, 0.15) is 64.6 Å². The molecule has 1 unspecified atom stereocenters. The standard InChI is InChI=1S/C15H27N3/c1-11(2)6-5-7-13(4)18-10-12(3)16-15(18)17-14-8-9-14/h10-11,13-14H,5-9H2,1-4H3,(H,16,17). The first-order valence-corrected chi connectivity index (χ1v) is 7.38. The summed E-state index contributed by atoms with van der Waals surface area (Å²) < 4.78 is 2.33. The van der Waals surface area contributed by atoms with Crippen LogP contribution in [-0.4, -0.2) is 15.6 Å². The second-order valence-electron chi connectivity index (χ2n) is 6.21. The highest BCUT2D eigenvalue weighted by Crippen LogP contribution is 2.27. The molecule has 0 aromatic carbocycles. The lowest BCUT2D eigenvalue weighted by molar-refractivity contribution is 0.449. The Labute approximate surface area is 111 Å².